The molecule has 3 nitrogen and oxygen atoms in total. The summed E-state index contributed by atoms with van der Waals surface area (Å²) in [5.74, 6) is 0.572. The number of nitrogens with one attached hydrogen (secondary N) is 2. The van der Waals surface area contributed by atoms with Crippen LogP contribution in [0.25, 0.3) is 0 Å². The molecule has 112 valence electrons. The van der Waals surface area contributed by atoms with E-state index in [9.17, 15) is 0 Å². The second-order valence-corrected chi connectivity index (χ2v) is 6.29. The molecule has 0 radical (unpaired) electrons. The maximum Gasteiger partial charge on any atom is 0.0733 e. The second kappa shape index (κ2) is 5.48. The summed E-state index contributed by atoms with van der Waals surface area (Å²) in [5.41, 5.74) is 9.53. The predicted molar refractivity (Wildman–Crippen MR) is 92.7 cm³/mol. The van der Waals surface area contributed by atoms with E-state index in [0.717, 1.165) is 12.1 Å². The first-order valence-corrected chi connectivity index (χ1v) is 8.06. The van der Waals surface area contributed by atoms with Gasteiger partial charge in [-0.15, -0.1) is 0 Å². The molecule has 22 heavy (non-hydrogen) atoms. The zero-order chi connectivity index (χ0) is 14.9. The number of anilines is 2. The van der Waals surface area contributed by atoms with E-state index in [2.05, 4.69) is 66.2 Å². The molecular formula is C19H21N3. The molecule has 2 aromatic carbocycles. The minimum absolute atomic E-state index is 0.350. The van der Waals surface area contributed by atoms with Crippen LogP contribution in [0.5, 0.6) is 0 Å². The third kappa shape index (κ3) is 2.37. The number of rotatable bonds is 2. The lowest BCUT2D eigenvalue weighted by Gasteiger charge is -2.27. The average Bonchev–Trinajstić information content (AvgIpc) is 2.92. The molecule has 4 rings (SSSR count). The van der Waals surface area contributed by atoms with Gasteiger partial charge in [0.1, 0.15) is 0 Å². The highest BCUT2D eigenvalue weighted by atomic mass is 15.3. The fraction of sp³-hybridized carbons (Fsp3) is 0.316. The first kappa shape index (κ1) is 13.4. The van der Waals surface area contributed by atoms with E-state index in [-0.39, 0.29) is 0 Å². The fourth-order valence-electron chi connectivity index (χ4n) is 3.67. The molecule has 0 amide bonds. The quantitative estimate of drug-likeness (QED) is 0.798. The highest BCUT2D eigenvalue weighted by Gasteiger charge is 2.37. The Bertz CT molecular complexity index is 720. The highest BCUT2D eigenvalue weighted by molar-refractivity contribution is 5.96. The molecule has 1 fully saturated rings. The summed E-state index contributed by atoms with van der Waals surface area (Å²) in [6.07, 6.45) is 3.53. The van der Waals surface area contributed by atoms with Crippen molar-refractivity contribution in [3.63, 3.8) is 0 Å². The highest BCUT2D eigenvalue weighted by Crippen LogP contribution is 2.42. The van der Waals surface area contributed by atoms with Gasteiger partial charge in [-0.3, -0.25) is 5.43 Å². The topological polar surface area (TPSA) is 36.4 Å². The largest absolute Gasteiger partial charge is 0.376 e. The van der Waals surface area contributed by atoms with Crippen molar-refractivity contribution in [3.8, 4) is 0 Å². The van der Waals surface area contributed by atoms with Gasteiger partial charge in [-0.05, 0) is 55.5 Å². The SMILES string of the molecule is Cc1cccc(N/N=C2\CCCC3c4ccccc4NC23)c1. The van der Waals surface area contributed by atoms with E-state index in [4.69, 9.17) is 5.10 Å². The summed E-state index contributed by atoms with van der Waals surface area (Å²) in [6.45, 7) is 2.10. The predicted octanol–water partition coefficient (Wildman–Crippen LogP) is 4.52. The van der Waals surface area contributed by atoms with Gasteiger partial charge in [0.05, 0.1) is 17.4 Å². The summed E-state index contributed by atoms with van der Waals surface area (Å²) in [6, 6.07) is 17.4. The van der Waals surface area contributed by atoms with Crippen LogP contribution in [0.4, 0.5) is 11.4 Å². The van der Waals surface area contributed by atoms with Crippen LogP contribution >= 0.6 is 0 Å². The van der Waals surface area contributed by atoms with Gasteiger partial charge >= 0.3 is 0 Å². The number of hydrazone groups is 1. The maximum absolute atomic E-state index is 4.72. The van der Waals surface area contributed by atoms with Gasteiger partial charge in [0, 0.05) is 11.6 Å². The molecular weight excluding hydrogens is 270 g/mol. The van der Waals surface area contributed by atoms with Crippen LogP contribution in [0.2, 0.25) is 0 Å². The van der Waals surface area contributed by atoms with E-state index >= 15 is 0 Å². The molecule has 2 aromatic rings. The van der Waals surface area contributed by atoms with Gasteiger partial charge in [0.15, 0.2) is 0 Å². The number of para-hydroxylation sites is 1. The van der Waals surface area contributed by atoms with Crippen molar-refractivity contribution in [1.29, 1.82) is 0 Å². The molecule has 1 aliphatic heterocycles. The molecule has 0 aromatic heterocycles. The molecule has 2 aliphatic rings. The van der Waals surface area contributed by atoms with Crippen LogP contribution < -0.4 is 10.7 Å². The van der Waals surface area contributed by atoms with E-state index in [1.807, 2.05) is 0 Å². The van der Waals surface area contributed by atoms with E-state index in [1.54, 1.807) is 0 Å². The van der Waals surface area contributed by atoms with Crippen molar-refractivity contribution in [2.75, 3.05) is 10.7 Å². The Balaban J connectivity index is 1.57. The summed E-state index contributed by atoms with van der Waals surface area (Å²) >= 11 is 0. The Morgan fingerprint density at radius 3 is 2.95 bits per heavy atom. The fourth-order valence-corrected chi connectivity index (χ4v) is 3.67. The summed E-state index contributed by atoms with van der Waals surface area (Å²) in [7, 11) is 0. The number of benzene rings is 2. The van der Waals surface area contributed by atoms with Gasteiger partial charge < -0.3 is 5.32 Å². The van der Waals surface area contributed by atoms with Crippen LogP contribution in [0.1, 0.15) is 36.3 Å². The Hall–Kier alpha value is -2.29. The van der Waals surface area contributed by atoms with Crippen LogP contribution in [0.15, 0.2) is 53.6 Å². The molecule has 1 heterocycles. The summed E-state index contributed by atoms with van der Waals surface area (Å²) in [4.78, 5) is 0. The van der Waals surface area contributed by atoms with E-state index in [1.165, 1.54) is 35.4 Å². The van der Waals surface area contributed by atoms with Gasteiger partial charge in [-0.1, -0.05) is 30.3 Å². The molecule has 3 heteroatoms. The standard InChI is InChI=1S/C19H21N3/c1-13-6-4-7-14(12-13)21-22-18-11-5-9-16-15-8-2-3-10-17(15)20-19(16)18/h2-4,6-8,10,12,16,19-21H,5,9,11H2,1H3/b22-18+. The molecule has 0 saturated heterocycles. The average molecular weight is 291 g/mol. The molecule has 2 unspecified atom stereocenters. The molecule has 1 saturated carbocycles. The molecule has 2 N–H and O–H groups in total. The van der Waals surface area contributed by atoms with Gasteiger partial charge in [-0.25, -0.2) is 0 Å². The van der Waals surface area contributed by atoms with Crippen molar-refractivity contribution >= 4 is 17.1 Å². The normalized spacial score (nSPS) is 24.5. The van der Waals surface area contributed by atoms with E-state index in [0.29, 0.717) is 12.0 Å². The number of nitrogens with zero attached hydrogens (tertiary/aromatic N) is 1. The molecule has 0 spiro atoms. The summed E-state index contributed by atoms with van der Waals surface area (Å²) < 4.78 is 0. The first-order valence-electron chi connectivity index (χ1n) is 8.06. The first-order chi connectivity index (χ1) is 10.8. The number of hydrogen-bond donors (Lipinski definition) is 2. The number of fused-ring (bicyclic) bond motifs is 3. The zero-order valence-electron chi connectivity index (χ0n) is 12.8. The molecule has 1 aliphatic carbocycles. The third-order valence-corrected chi connectivity index (χ3v) is 4.73. The second-order valence-electron chi connectivity index (χ2n) is 6.29. The summed E-state index contributed by atoms with van der Waals surface area (Å²) in [5, 5.41) is 8.39. The zero-order valence-corrected chi connectivity index (χ0v) is 12.8. The van der Waals surface area contributed by atoms with Crippen LogP contribution in [0, 0.1) is 6.92 Å². The molecule has 0 bridgehead atoms. The monoisotopic (exact) mass is 291 g/mol. The minimum atomic E-state index is 0.350. The number of aryl methyl sites for hydroxylation is 1. The lowest BCUT2D eigenvalue weighted by molar-refractivity contribution is 0.563. The Morgan fingerprint density at radius 2 is 2.05 bits per heavy atom. The van der Waals surface area contributed by atoms with E-state index < -0.39 is 0 Å². The molecule has 2 atom stereocenters. The van der Waals surface area contributed by atoms with Gasteiger partial charge in [0.25, 0.3) is 0 Å². The third-order valence-electron chi connectivity index (χ3n) is 4.73. The van der Waals surface area contributed by atoms with Crippen molar-refractivity contribution < 1.29 is 0 Å². The Labute approximate surface area is 131 Å². The lowest BCUT2D eigenvalue weighted by atomic mass is 9.81. The lowest BCUT2D eigenvalue weighted by Crippen LogP contribution is -2.34. The van der Waals surface area contributed by atoms with Crippen molar-refractivity contribution in [2.45, 2.75) is 38.1 Å². The van der Waals surface area contributed by atoms with Crippen molar-refractivity contribution in [1.82, 2.24) is 0 Å². The Morgan fingerprint density at radius 1 is 1.14 bits per heavy atom. The smallest absolute Gasteiger partial charge is 0.0733 e. The van der Waals surface area contributed by atoms with Crippen LogP contribution in [-0.4, -0.2) is 11.8 Å². The maximum atomic E-state index is 4.72. The van der Waals surface area contributed by atoms with Crippen molar-refractivity contribution in [2.24, 2.45) is 5.10 Å². The van der Waals surface area contributed by atoms with Gasteiger partial charge in [-0.2, -0.15) is 5.10 Å². The Kier molecular flexibility index (Phi) is 3.34. The van der Waals surface area contributed by atoms with Crippen LogP contribution in [0.3, 0.4) is 0 Å². The number of hydrogen-bond acceptors (Lipinski definition) is 3. The van der Waals surface area contributed by atoms with Gasteiger partial charge in [0.2, 0.25) is 0 Å². The van der Waals surface area contributed by atoms with Crippen LogP contribution in [-0.2, 0) is 0 Å². The van der Waals surface area contributed by atoms with Crippen molar-refractivity contribution in [3.05, 3.63) is 59.7 Å². The minimum Gasteiger partial charge on any atom is -0.376 e.